The van der Waals surface area contributed by atoms with Crippen molar-refractivity contribution in [1.82, 2.24) is 4.57 Å². The molecule has 0 N–H and O–H groups in total. The third-order valence-electron chi connectivity index (χ3n) is 2.02. The summed E-state index contributed by atoms with van der Waals surface area (Å²) in [5.74, 6) is 0. The van der Waals surface area contributed by atoms with Gasteiger partial charge in [-0.25, -0.2) is 0 Å². The van der Waals surface area contributed by atoms with Crippen molar-refractivity contribution in [3.8, 4) is 5.69 Å². The van der Waals surface area contributed by atoms with E-state index in [4.69, 9.17) is 0 Å². The number of carbonyl (C=O) groups excluding carboxylic acids is 1. The minimum Gasteiger partial charge on any atom is -0.311 e. The van der Waals surface area contributed by atoms with Gasteiger partial charge in [-0.3, -0.25) is 4.79 Å². The van der Waals surface area contributed by atoms with Crippen molar-refractivity contribution >= 4 is 28.9 Å². The summed E-state index contributed by atoms with van der Waals surface area (Å²) in [5, 5.41) is 0. The normalized spacial score (nSPS) is 10.1. The monoisotopic (exact) mass is 297 g/mol. The molecule has 2 nitrogen and oxygen atoms in total. The second-order valence-corrected chi connectivity index (χ2v) is 3.98. The van der Waals surface area contributed by atoms with Crippen LogP contribution < -0.4 is 0 Å². The first-order valence-electron chi connectivity index (χ1n) is 4.20. The van der Waals surface area contributed by atoms with Crippen LogP contribution in [0, 0.1) is 3.70 Å². The molecule has 70 valence electrons. The molecule has 14 heavy (non-hydrogen) atoms. The third-order valence-corrected chi connectivity index (χ3v) is 2.90. The second kappa shape index (κ2) is 3.96. The zero-order chi connectivity index (χ0) is 9.97. The lowest BCUT2D eigenvalue weighted by molar-refractivity contribution is 0.112. The Morgan fingerprint density at radius 1 is 1.14 bits per heavy atom. The van der Waals surface area contributed by atoms with E-state index < -0.39 is 0 Å². The van der Waals surface area contributed by atoms with Gasteiger partial charge >= 0.3 is 0 Å². The van der Waals surface area contributed by atoms with Gasteiger partial charge in [0, 0.05) is 11.8 Å². The predicted octanol–water partition coefficient (Wildman–Crippen LogP) is 2.89. The van der Waals surface area contributed by atoms with Crippen LogP contribution in [0.3, 0.4) is 0 Å². The SMILES string of the molecule is O=Cc1ccccc1-n1cccc1I. The second-order valence-electron chi connectivity index (χ2n) is 2.88. The minimum absolute atomic E-state index is 0.710. The Bertz CT molecular complexity index is 462. The van der Waals surface area contributed by atoms with Crippen molar-refractivity contribution in [3.05, 3.63) is 51.9 Å². The van der Waals surface area contributed by atoms with Crippen molar-refractivity contribution < 1.29 is 4.79 Å². The van der Waals surface area contributed by atoms with Gasteiger partial charge in [-0.05, 0) is 46.9 Å². The summed E-state index contributed by atoms with van der Waals surface area (Å²) in [6.07, 6.45) is 2.83. The molecule has 2 rings (SSSR count). The molecule has 0 amide bonds. The number of para-hydroxylation sites is 1. The van der Waals surface area contributed by atoms with Crippen LogP contribution in [0.5, 0.6) is 0 Å². The number of aldehydes is 1. The largest absolute Gasteiger partial charge is 0.311 e. The molecule has 0 aliphatic heterocycles. The summed E-state index contributed by atoms with van der Waals surface area (Å²) < 4.78 is 3.08. The minimum atomic E-state index is 0.710. The van der Waals surface area contributed by atoms with Gasteiger partial charge in [0.05, 0.1) is 9.39 Å². The van der Waals surface area contributed by atoms with Crippen LogP contribution in [-0.4, -0.2) is 10.9 Å². The maximum absolute atomic E-state index is 10.8. The van der Waals surface area contributed by atoms with Crippen LogP contribution in [0.25, 0.3) is 5.69 Å². The topological polar surface area (TPSA) is 22.0 Å². The van der Waals surface area contributed by atoms with Gasteiger partial charge in [0.25, 0.3) is 0 Å². The summed E-state index contributed by atoms with van der Waals surface area (Å²) in [7, 11) is 0. The van der Waals surface area contributed by atoms with E-state index in [-0.39, 0.29) is 0 Å². The number of halogens is 1. The Morgan fingerprint density at radius 3 is 2.57 bits per heavy atom. The fourth-order valence-corrected chi connectivity index (χ4v) is 1.99. The average molecular weight is 297 g/mol. The Balaban J connectivity index is 2.62. The molecule has 0 spiro atoms. The van der Waals surface area contributed by atoms with E-state index in [0.717, 1.165) is 15.7 Å². The van der Waals surface area contributed by atoms with Crippen molar-refractivity contribution in [2.45, 2.75) is 0 Å². The zero-order valence-electron chi connectivity index (χ0n) is 7.35. The Labute approximate surface area is 95.7 Å². The molecule has 1 heterocycles. The summed E-state index contributed by atoms with van der Waals surface area (Å²) >= 11 is 2.24. The average Bonchev–Trinajstić information content (AvgIpc) is 2.64. The summed E-state index contributed by atoms with van der Waals surface area (Å²) in [6.45, 7) is 0. The van der Waals surface area contributed by atoms with Crippen LogP contribution in [0.15, 0.2) is 42.6 Å². The molecule has 0 bridgehead atoms. The number of benzene rings is 1. The molecule has 3 heteroatoms. The van der Waals surface area contributed by atoms with E-state index in [1.54, 1.807) is 0 Å². The first-order valence-corrected chi connectivity index (χ1v) is 5.28. The number of rotatable bonds is 2. The number of carbonyl (C=O) groups is 1. The van der Waals surface area contributed by atoms with Gasteiger partial charge in [0.2, 0.25) is 0 Å². The third kappa shape index (κ3) is 1.59. The highest BCUT2D eigenvalue weighted by atomic mass is 127. The Morgan fingerprint density at radius 2 is 1.93 bits per heavy atom. The predicted molar refractivity (Wildman–Crippen MR) is 63.9 cm³/mol. The van der Waals surface area contributed by atoms with Crippen LogP contribution >= 0.6 is 22.6 Å². The summed E-state index contributed by atoms with van der Waals surface area (Å²) in [5.41, 5.74) is 1.64. The molecule has 1 aromatic carbocycles. The lowest BCUT2D eigenvalue weighted by Crippen LogP contribution is -1.98. The number of aromatic nitrogens is 1. The Kier molecular flexibility index (Phi) is 2.67. The van der Waals surface area contributed by atoms with Gasteiger partial charge in [-0.2, -0.15) is 0 Å². The standard InChI is InChI=1S/C11H8INO/c12-11-6-3-7-13(11)10-5-2-1-4-9(10)8-14/h1-8H. The molecule has 0 aliphatic carbocycles. The van der Waals surface area contributed by atoms with E-state index in [1.165, 1.54) is 0 Å². The van der Waals surface area contributed by atoms with Crippen molar-refractivity contribution in [3.63, 3.8) is 0 Å². The molecule has 0 fully saturated rings. The molecule has 0 radical (unpaired) electrons. The Hall–Kier alpha value is -1.10. The summed E-state index contributed by atoms with van der Waals surface area (Å²) in [6, 6.07) is 11.5. The number of nitrogens with zero attached hydrogens (tertiary/aromatic N) is 1. The molecular weight excluding hydrogens is 289 g/mol. The molecule has 2 aromatic rings. The number of hydrogen-bond donors (Lipinski definition) is 0. The first-order chi connectivity index (χ1) is 6.83. The zero-order valence-corrected chi connectivity index (χ0v) is 9.51. The van der Waals surface area contributed by atoms with E-state index in [2.05, 4.69) is 22.6 Å². The van der Waals surface area contributed by atoms with E-state index in [1.807, 2.05) is 47.2 Å². The highest BCUT2D eigenvalue weighted by Crippen LogP contribution is 2.17. The summed E-state index contributed by atoms with van der Waals surface area (Å²) in [4.78, 5) is 10.8. The fraction of sp³-hybridized carbons (Fsp3) is 0. The molecule has 1 aromatic heterocycles. The number of hydrogen-bond acceptors (Lipinski definition) is 1. The maximum Gasteiger partial charge on any atom is 0.152 e. The van der Waals surface area contributed by atoms with E-state index in [9.17, 15) is 4.79 Å². The molecule has 0 saturated carbocycles. The van der Waals surface area contributed by atoms with E-state index >= 15 is 0 Å². The van der Waals surface area contributed by atoms with Crippen molar-refractivity contribution in [1.29, 1.82) is 0 Å². The van der Waals surface area contributed by atoms with Crippen molar-refractivity contribution in [2.24, 2.45) is 0 Å². The van der Waals surface area contributed by atoms with E-state index in [0.29, 0.717) is 5.56 Å². The quantitative estimate of drug-likeness (QED) is 0.617. The van der Waals surface area contributed by atoms with Crippen LogP contribution in [0.4, 0.5) is 0 Å². The van der Waals surface area contributed by atoms with Crippen LogP contribution in [0.1, 0.15) is 10.4 Å². The van der Waals surface area contributed by atoms with Crippen LogP contribution in [-0.2, 0) is 0 Å². The highest BCUT2D eigenvalue weighted by Gasteiger charge is 2.04. The van der Waals surface area contributed by atoms with Gasteiger partial charge in [-0.1, -0.05) is 12.1 Å². The van der Waals surface area contributed by atoms with Gasteiger partial charge in [0.15, 0.2) is 6.29 Å². The molecule has 0 aliphatic rings. The fourth-order valence-electron chi connectivity index (χ4n) is 1.36. The molecule has 0 unspecified atom stereocenters. The maximum atomic E-state index is 10.8. The van der Waals surface area contributed by atoms with Gasteiger partial charge in [-0.15, -0.1) is 0 Å². The molecule has 0 saturated heterocycles. The first kappa shape index (κ1) is 9.45. The lowest BCUT2D eigenvalue weighted by atomic mass is 10.2. The molecule has 0 atom stereocenters. The van der Waals surface area contributed by atoms with Gasteiger partial charge in [0.1, 0.15) is 0 Å². The smallest absolute Gasteiger partial charge is 0.152 e. The van der Waals surface area contributed by atoms with Crippen LogP contribution in [0.2, 0.25) is 0 Å². The molecular formula is C11H8INO. The van der Waals surface area contributed by atoms with Gasteiger partial charge < -0.3 is 4.57 Å². The highest BCUT2D eigenvalue weighted by molar-refractivity contribution is 14.1. The lowest BCUT2D eigenvalue weighted by Gasteiger charge is -2.07. The van der Waals surface area contributed by atoms with Crippen molar-refractivity contribution in [2.75, 3.05) is 0 Å².